The number of nitro benzene ring substituents is 2. The molecule has 2 aromatic rings. The van der Waals surface area contributed by atoms with E-state index in [4.69, 9.17) is 11.6 Å². The van der Waals surface area contributed by atoms with E-state index >= 15 is 0 Å². The highest BCUT2D eigenvalue weighted by Gasteiger charge is 2.45. The lowest BCUT2D eigenvalue weighted by molar-refractivity contribution is -0.394. The van der Waals surface area contributed by atoms with E-state index in [2.05, 4.69) is 4.74 Å². The summed E-state index contributed by atoms with van der Waals surface area (Å²) in [6.07, 6.45) is -14.8. The van der Waals surface area contributed by atoms with Gasteiger partial charge in [-0.1, -0.05) is 11.6 Å². The highest BCUT2D eigenvalue weighted by molar-refractivity contribution is 6.31. The van der Waals surface area contributed by atoms with Crippen molar-refractivity contribution in [1.82, 2.24) is 0 Å². The van der Waals surface area contributed by atoms with Crippen molar-refractivity contribution in [3.63, 3.8) is 0 Å². The zero-order valence-corrected chi connectivity index (χ0v) is 15.2. The Bertz CT molecular complexity index is 1030. The maximum absolute atomic E-state index is 13.4. The molecule has 8 nitrogen and oxygen atoms in total. The third kappa shape index (κ3) is 5.42. The Morgan fingerprint density at radius 3 is 2.10 bits per heavy atom. The summed E-state index contributed by atoms with van der Waals surface area (Å²) in [4.78, 5) is 19.4. The lowest BCUT2D eigenvalue weighted by atomic mass is 10.1. The summed E-state index contributed by atoms with van der Waals surface area (Å²) in [6.45, 7) is 0. The van der Waals surface area contributed by atoms with Crippen LogP contribution in [0.2, 0.25) is 5.02 Å². The average molecular weight is 478 g/mol. The van der Waals surface area contributed by atoms with E-state index in [1.54, 1.807) is 5.32 Å². The minimum Gasteiger partial charge on any atom is -0.426 e. The SMILES string of the molecule is O=[N+]([O-])c1cc([N+](=O)[O-])c(Nc2cc(Cl)ccc2OC(F)(F)C(F)F)c(C(F)(F)F)c1. The van der Waals surface area contributed by atoms with Crippen LogP contribution in [0.25, 0.3) is 0 Å². The van der Waals surface area contributed by atoms with Crippen LogP contribution in [0.3, 0.4) is 0 Å². The fourth-order valence-corrected chi connectivity index (χ4v) is 2.40. The Labute approximate surface area is 171 Å². The molecule has 1 N–H and O–H groups in total. The Morgan fingerprint density at radius 2 is 1.61 bits per heavy atom. The number of nitrogens with zero attached hydrogens (tertiary/aromatic N) is 2. The van der Waals surface area contributed by atoms with E-state index in [0.717, 1.165) is 6.07 Å². The summed E-state index contributed by atoms with van der Waals surface area (Å²) in [5.41, 5.74) is -6.91. The van der Waals surface area contributed by atoms with Crippen molar-refractivity contribution in [2.75, 3.05) is 5.32 Å². The van der Waals surface area contributed by atoms with Gasteiger partial charge in [-0.2, -0.15) is 30.7 Å². The van der Waals surface area contributed by atoms with Gasteiger partial charge in [0.2, 0.25) is 0 Å². The third-order valence-corrected chi connectivity index (χ3v) is 3.75. The Kier molecular flexibility index (Phi) is 6.49. The molecule has 0 aromatic heterocycles. The molecule has 0 saturated carbocycles. The number of nitrogens with one attached hydrogen (secondary N) is 1. The first-order valence-electron chi connectivity index (χ1n) is 7.59. The first-order valence-corrected chi connectivity index (χ1v) is 7.97. The molecule has 0 fully saturated rings. The lowest BCUT2D eigenvalue weighted by Crippen LogP contribution is -2.33. The molecule has 0 saturated heterocycles. The summed E-state index contributed by atoms with van der Waals surface area (Å²) in [5, 5.41) is 23.6. The second-order valence-electron chi connectivity index (χ2n) is 5.63. The van der Waals surface area contributed by atoms with E-state index in [-0.39, 0.29) is 17.2 Å². The van der Waals surface area contributed by atoms with Crippen molar-refractivity contribution in [3.05, 3.63) is 61.1 Å². The first-order chi connectivity index (χ1) is 14.1. The van der Waals surface area contributed by atoms with Gasteiger partial charge in [0.15, 0.2) is 0 Å². The topological polar surface area (TPSA) is 108 Å². The van der Waals surface area contributed by atoms with E-state index in [1.165, 1.54) is 0 Å². The van der Waals surface area contributed by atoms with Crippen molar-refractivity contribution in [2.24, 2.45) is 0 Å². The molecule has 0 spiro atoms. The number of hydrogen-bond donors (Lipinski definition) is 1. The monoisotopic (exact) mass is 477 g/mol. The maximum atomic E-state index is 13.4. The van der Waals surface area contributed by atoms with Gasteiger partial charge in [0, 0.05) is 11.1 Å². The molecule has 0 amide bonds. The van der Waals surface area contributed by atoms with Crippen LogP contribution in [-0.2, 0) is 6.18 Å². The van der Waals surface area contributed by atoms with Gasteiger partial charge in [0.25, 0.3) is 11.4 Å². The van der Waals surface area contributed by atoms with Gasteiger partial charge in [0.05, 0.1) is 27.2 Å². The molecular weight excluding hydrogens is 471 g/mol. The molecule has 0 aliphatic carbocycles. The summed E-state index contributed by atoms with van der Waals surface area (Å²) >= 11 is 5.64. The Morgan fingerprint density at radius 1 is 1.00 bits per heavy atom. The molecule has 0 heterocycles. The van der Waals surface area contributed by atoms with Crippen molar-refractivity contribution >= 4 is 34.4 Å². The van der Waals surface area contributed by atoms with E-state index in [0.29, 0.717) is 12.1 Å². The zero-order chi connectivity index (χ0) is 23.7. The van der Waals surface area contributed by atoms with Gasteiger partial charge < -0.3 is 10.1 Å². The smallest absolute Gasteiger partial charge is 0.426 e. The molecule has 31 heavy (non-hydrogen) atoms. The fourth-order valence-electron chi connectivity index (χ4n) is 2.23. The number of alkyl halides is 7. The predicted molar refractivity (Wildman–Crippen MR) is 91.1 cm³/mol. The largest absolute Gasteiger partial charge is 0.461 e. The van der Waals surface area contributed by atoms with Gasteiger partial charge in [-0.25, -0.2) is 0 Å². The molecule has 0 aliphatic heterocycles. The molecule has 0 atom stereocenters. The number of anilines is 2. The summed E-state index contributed by atoms with van der Waals surface area (Å²) in [6, 6.07) is 2.30. The molecule has 0 radical (unpaired) electrons. The maximum Gasteiger partial charge on any atom is 0.461 e. The van der Waals surface area contributed by atoms with Crippen LogP contribution >= 0.6 is 11.6 Å². The van der Waals surface area contributed by atoms with Crippen LogP contribution in [-0.4, -0.2) is 22.4 Å². The molecule has 0 aliphatic rings. The number of rotatable bonds is 7. The Balaban J connectivity index is 2.72. The minimum atomic E-state index is -5.38. The minimum absolute atomic E-state index is 0.0336. The predicted octanol–water partition coefficient (Wildman–Crippen LogP) is 6.16. The highest BCUT2D eigenvalue weighted by atomic mass is 35.5. The number of non-ortho nitro benzene ring substituents is 1. The number of benzene rings is 2. The average Bonchev–Trinajstić information content (AvgIpc) is 2.62. The molecule has 0 bridgehead atoms. The van der Waals surface area contributed by atoms with E-state index in [1.807, 2.05) is 0 Å². The summed E-state index contributed by atoms with van der Waals surface area (Å²) in [5.74, 6) is -1.13. The lowest BCUT2D eigenvalue weighted by Gasteiger charge is -2.21. The van der Waals surface area contributed by atoms with Crippen LogP contribution < -0.4 is 10.1 Å². The Hall–Kier alpha value is -3.36. The van der Waals surface area contributed by atoms with Gasteiger partial charge >= 0.3 is 18.7 Å². The molecule has 168 valence electrons. The quantitative estimate of drug-likeness (QED) is 0.291. The summed E-state index contributed by atoms with van der Waals surface area (Å²) in [7, 11) is 0. The van der Waals surface area contributed by atoms with Crippen molar-refractivity contribution < 1.29 is 45.3 Å². The van der Waals surface area contributed by atoms with E-state index in [9.17, 15) is 51.0 Å². The second-order valence-corrected chi connectivity index (χ2v) is 6.07. The molecule has 2 rings (SSSR count). The third-order valence-electron chi connectivity index (χ3n) is 3.52. The standard InChI is InChI=1S/C15H7ClF7N3O5/c16-6-1-2-11(31-15(22,23)13(17)18)9(3-6)24-12-8(14(19,20)21)4-7(25(27)28)5-10(12)26(29)30/h1-5,13,24H. The van der Waals surface area contributed by atoms with Gasteiger partial charge in [-0.3, -0.25) is 20.2 Å². The number of halogens is 8. The normalized spacial score (nSPS) is 12.0. The number of ether oxygens (including phenoxy) is 1. The van der Waals surface area contributed by atoms with Gasteiger partial charge in [0.1, 0.15) is 11.4 Å². The highest BCUT2D eigenvalue weighted by Crippen LogP contribution is 2.45. The fraction of sp³-hybridized carbons (Fsp3) is 0.200. The van der Waals surface area contributed by atoms with Crippen LogP contribution in [0.4, 0.5) is 53.5 Å². The van der Waals surface area contributed by atoms with E-state index < -0.39 is 62.6 Å². The van der Waals surface area contributed by atoms with Crippen LogP contribution in [0, 0.1) is 20.2 Å². The van der Waals surface area contributed by atoms with Gasteiger partial charge in [-0.15, -0.1) is 0 Å². The van der Waals surface area contributed by atoms with Crippen LogP contribution in [0.1, 0.15) is 5.56 Å². The number of nitro groups is 2. The van der Waals surface area contributed by atoms with Crippen molar-refractivity contribution in [3.8, 4) is 5.75 Å². The van der Waals surface area contributed by atoms with Crippen LogP contribution in [0.5, 0.6) is 5.75 Å². The first kappa shape index (κ1) is 23.9. The molecule has 16 heteroatoms. The molecule has 0 unspecified atom stereocenters. The van der Waals surface area contributed by atoms with Crippen molar-refractivity contribution in [1.29, 1.82) is 0 Å². The van der Waals surface area contributed by atoms with Crippen LogP contribution in [0.15, 0.2) is 30.3 Å². The van der Waals surface area contributed by atoms with Gasteiger partial charge in [-0.05, 0) is 18.2 Å². The molecule has 2 aromatic carbocycles. The number of hydrogen-bond acceptors (Lipinski definition) is 6. The second kappa shape index (κ2) is 8.41. The molecular formula is C15H7ClF7N3O5. The summed E-state index contributed by atoms with van der Waals surface area (Å²) < 4.78 is 95.5. The zero-order valence-electron chi connectivity index (χ0n) is 14.4. The van der Waals surface area contributed by atoms with Crippen molar-refractivity contribution in [2.45, 2.75) is 18.7 Å².